The molecule has 0 atom stereocenters. The van der Waals surface area contributed by atoms with E-state index in [1.165, 1.54) is 5.56 Å². The van der Waals surface area contributed by atoms with Crippen molar-refractivity contribution in [2.24, 2.45) is 0 Å². The standard InChI is InChI=1S/C23H25N5O2/c29-20(7-6-17-14-25-26-15-17)28-11-9-23(10-12-28)21-19(8-13-30-23)16-24-22(27-21)18-4-2-1-3-5-18/h1-5,14-16H,6-13H2,(H,25,26). The van der Waals surface area contributed by atoms with Gasteiger partial charge in [-0.05, 0) is 36.8 Å². The van der Waals surface area contributed by atoms with E-state index < -0.39 is 5.60 Å². The number of aromatic amines is 1. The molecule has 0 aliphatic carbocycles. The summed E-state index contributed by atoms with van der Waals surface area (Å²) in [5.41, 5.74) is 3.83. The first-order chi connectivity index (χ1) is 14.7. The number of rotatable bonds is 4. The summed E-state index contributed by atoms with van der Waals surface area (Å²) in [7, 11) is 0. The third kappa shape index (κ3) is 3.61. The largest absolute Gasteiger partial charge is 0.368 e. The quantitative estimate of drug-likeness (QED) is 0.724. The summed E-state index contributed by atoms with van der Waals surface area (Å²) in [6.45, 7) is 2.05. The Bertz CT molecular complexity index is 1010. The lowest BCUT2D eigenvalue weighted by molar-refractivity contribution is -0.141. The second-order valence-corrected chi connectivity index (χ2v) is 8.01. The minimum atomic E-state index is -0.415. The average Bonchev–Trinajstić information content (AvgIpc) is 3.32. The summed E-state index contributed by atoms with van der Waals surface area (Å²) in [4.78, 5) is 24.2. The van der Waals surface area contributed by atoms with Crippen LogP contribution in [0.4, 0.5) is 0 Å². The summed E-state index contributed by atoms with van der Waals surface area (Å²) in [6.07, 6.45) is 9.15. The Morgan fingerprint density at radius 2 is 2.00 bits per heavy atom. The van der Waals surface area contributed by atoms with Gasteiger partial charge < -0.3 is 9.64 Å². The van der Waals surface area contributed by atoms with Crippen molar-refractivity contribution in [3.63, 3.8) is 0 Å². The zero-order valence-electron chi connectivity index (χ0n) is 16.9. The third-order valence-corrected chi connectivity index (χ3v) is 6.18. The van der Waals surface area contributed by atoms with Crippen LogP contribution in [0.2, 0.25) is 0 Å². The van der Waals surface area contributed by atoms with Gasteiger partial charge in [-0.25, -0.2) is 9.97 Å². The SMILES string of the molecule is O=C(CCc1cn[nH]c1)N1CCC2(CC1)OCCc1cnc(-c3ccccc3)nc12. The summed E-state index contributed by atoms with van der Waals surface area (Å²) in [6, 6.07) is 10.0. The van der Waals surface area contributed by atoms with Crippen LogP contribution in [0.5, 0.6) is 0 Å². The van der Waals surface area contributed by atoms with Crippen molar-refractivity contribution in [3.05, 3.63) is 65.7 Å². The zero-order chi connectivity index (χ0) is 20.4. The Kier molecular flexibility index (Phi) is 5.04. The number of H-pyrrole nitrogens is 1. The van der Waals surface area contributed by atoms with E-state index >= 15 is 0 Å². The van der Waals surface area contributed by atoms with Gasteiger partial charge in [-0.1, -0.05) is 30.3 Å². The molecule has 4 heterocycles. The van der Waals surface area contributed by atoms with Gasteiger partial charge >= 0.3 is 0 Å². The van der Waals surface area contributed by atoms with Gasteiger partial charge in [0.15, 0.2) is 5.82 Å². The smallest absolute Gasteiger partial charge is 0.222 e. The third-order valence-electron chi connectivity index (χ3n) is 6.18. The molecule has 3 aromatic rings. The van der Waals surface area contributed by atoms with Crippen molar-refractivity contribution in [2.75, 3.05) is 19.7 Å². The Morgan fingerprint density at radius 1 is 1.17 bits per heavy atom. The minimum absolute atomic E-state index is 0.190. The predicted octanol–water partition coefficient (Wildman–Crippen LogP) is 2.89. The van der Waals surface area contributed by atoms with Gasteiger partial charge in [0, 0.05) is 37.5 Å². The number of hydrogen-bond donors (Lipinski definition) is 1. The van der Waals surface area contributed by atoms with Gasteiger partial charge in [-0.15, -0.1) is 0 Å². The van der Waals surface area contributed by atoms with Crippen molar-refractivity contribution in [1.29, 1.82) is 0 Å². The number of ether oxygens (including phenoxy) is 1. The monoisotopic (exact) mass is 403 g/mol. The van der Waals surface area contributed by atoms with E-state index in [9.17, 15) is 4.79 Å². The van der Waals surface area contributed by atoms with Crippen LogP contribution in [0.15, 0.2) is 48.9 Å². The molecule has 1 spiro atoms. The molecular weight excluding hydrogens is 378 g/mol. The number of benzene rings is 1. The highest BCUT2D eigenvalue weighted by Crippen LogP contribution is 2.41. The van der Waals surface area contributed by atoms with Crippen LogP contribution in [0.25, 0.3) is 11.4 Å². The van der Waals surface area contributed by atoms with Crippen molar-refractivity contribution in [2.45, 2.75) is 37.7 Å². The van der Waals surface area contributed by atoms with Crippen LogP contribution in [0.1, 0.15) is 36.1 Å². The number of likely N-dealkylation sites (tertiary alicyclic amines) is 1. The molecule has 0 unspecified atom stereocenters. The minimum Gasteiger partial charge on any atom is -0.368 e. The van der Waals surface area contributed by atoms with Crippen molar-refractivity contribution < 1.29 is 9.53 Å². The van der Waals surface area contributed by atoms with E-state index in [4.69, 9.17) is 9.72 Å². The molecular formula is C23H25N5O2. The fourth-order valence-electron chi connectivity index (χ4n) is 4.46. The first kappa shape index (κ1) is 18.9. The Morgan fingerprint density at radius 3 is 2.77 bits per heavy atom. The van der Waals surface area contributed by atoms with Crippen molar-refractivity contribution in [3.8, 4) is 11.4 Å². The number of piperidine rings is 1. The van der Waals surface area contributed by atoms with Crippen LogP contribution >= 0.6 is 0 Å². The van der Waals surface area contributed by atoms with E-state index in [2.05, 4.69) is 15.2 Å². The highest BCUT2D eigenvalue weighted by Gasteiger charge is 2.43. The molecule has 0 bridgehead atoms. The number of carbonyl (C=O) groups is 1. The van der Waals surface area contributed by atoms with Crippen LogP contribution in [-0.4, -0.2) is 50.7 Å². The van der Waals surface area contributed by atoms with Crippen LogP contribution < -0.4 is 0 Å². The molecule has 154 valence electrons. The van der Waals surface area contributed by atoms with Gasteiger partial charge in [0.2, 0.25) is 5.91 Å². The average molecular weight is 403 g/mol. The maximum absolute atomic E-state index is 12.7. The van der Waals surface area contributed by atoms with E-state index in [0.717, 1.165) is 41.9 Å². The molecule has 1 N–H and O–H groups in total. The number of aryl methyl sites for hydroxylation is 1. The van der Waals surface area contributed by atoms with E-state index in [1.807, 2.05) is 47.6 Å². The highest BCUT2D eigenvalue weighted by molar-refractivity contribution is 5.76. The van der Waals surface area contributed by atoms with Gasteiger partial charge in [0.25, 0.3) is 0 Å². The number of carbonyl (C=O) groups excluding carboxylic acids is 1. The molecule has 5 rings (SSSR count). The number of nitrogens with one attached hydrogen (secondary N) is 1. The Hall–Kier alpha value is -3.06. The fourth-order valence-corrected chi connectivity index (χ4v) is 4.46. The summed E-state index contributed by atoms with van der Waals surface area (Å²) < 4.78 is 6.33. The topological polar surface area (TPSA) is 84.0 Å². The molecule has 2 aliphatic heterocycles. The van der Waals surface area contributed by atoms with E-state index in [0.29, 0.717) is 32.5 Å². The van der Waals surface area contributed by atoms with Crippen LogP contribution in [0, 0.1) is 0 Å². The summed E-state index contributed by atoms with van der Waals surface area (Å²) in [5.74, 6) is 0.924. The Labute approximate surface area is 175 Å². The second-order valence-electron chi connectivity index (χ2n) is 8.01. The molecule has 30 heavy (non-hydrogen) atoms. The predicted molar refractivity (Wildman–Crippen MR) is 112 cm³/mol. The van der Waals surface area contributed by atoms with Crippen molar-refractivity contribution in [1.82, 2.24) is 25.1 Å². The Balaban J connectivity index is 1.31. The number of amides is 1. The first-order valence-corrected chi connectivity index (χ1v) is 10.5. The highest BCUT2D eigenvalue weighted by atomic mass is 16.5. The normalized spacial score (nSPS) is 17.7. The molecule has 1 fully saturated rings. The van der Waals surface area contributed by atoms with Gasteiger partial charge in [0.1, 0.15) is 5.60 Å². The van der Waals surface area contributed by atoms with Gasteiger partial charge in [-0.2, -0.15) is 5.10 Å². The molecule has 1 saturated heterocycles. The molecule has 7 nitrogen and oxygen atoms in total. The number of aromatic nitrogens is 4. The van der Waals surface area contributed by atoms with Gasteiger partial charge in [-0.3, -0.25) is 9.89 Å². The maximum atomic E-state index is 12.7. The van der Waals surface area contributed by atoms with Crippen LogP contribution in [0.3, 0.4) is 0 Å². The first-order valence-electron chi connectivity index (χ1n) is 10.5. The van der Waals surface area contributed by atoms with Crippen LogP contribution in [-0.2, 0) is 28.0 Å². The molecule has 2 aliphatic rings. The lowest BCUT2D eigenvalue weighted by Crippen LogP contribution is -2.49. The van der Waals surface area contributed by atoms with Gasteiger partial charge in [0.05, 0.1) is 18.5 Å². The molecule has 1 amide bonds. The second kappa shape index (κ2) is 7.99. The number of nitrogens with zero attached hydrogens (tertiary/aromatic N) is 4. The maximum Gasteiger partial charge on any atom is 0.222 e. The summed E-state index contributed by atoms with van der Waals surface area (Å²) >= 11 is 0. The van der Waals surface area contributed by atoms with E-state index in [1.54, 1.807) is 6.20 Å². The van der Waals surface area contributed by atoms with E-state index in [-0.39, 0.29) is 5.91 Å². The lowest BCUT2D eigenvalue weighted by Gasteiger charge is -2.44. The summed E-state index contributed by atoms with van der Waals surface area (Å²) in [5, 5.41) is 6.74. The molecule has 0 radical (unpaired) electrons. The molecule has 7 heteroatoms. The van der Waals surface area contributed by atoms with Crippen molar-refractivity contribution >= 4 is 5.91 Å². The lowest BCUT2D eigenvalue weighted by atomic mass is 9.83. The zero-order valence-corrected chi connectivity index (χ0v) is 16.9. The molecule has 1 aromatic carbocycles. The molecule has 2 aromatic heterocycles. The molecule has 0 saturated carbocycles. The number of fused-ring (bicyclic) bond motifs is 2. The number of hydrogen-bond acceptors (Lipinski definition) is 5. The fraction of sp³-hybridized carbons (Fsp3) is 0.391.